The molecule has 0 saturated heterocycles. The van der Waals surface area contributed by atoms with Crippen molar-refractivity contribution in [3.8, 4) is 0 Å². The van der Waals surface area contributed by atoms with Crippen LogP contribution < -0.4 is 0 Å². The Hall–Kier alpha value is -0.760. The van der Waals surface area contributed by atoms with Gasteiger partial charge in [-0.3, -0.25) is 0 Å². The van der Waals surface area contributed by atoms with Gasteiger partial charge in [-0.05, 0) is 0 Å². The fraction of sp³-hybridized carbons (Fsp3) is 1.00. The second-order valence-electron chi connectivity index (χ2n) is 4.50. The summed E-state index contributed by atoms with van der Waals surface area (Å²) in [7, 11) is -30.5. The predicted octanol–water partition coefficient (Wildman–Crippen LogP) is 0.255. The Morgan fingerprint density at radius 1 is 0.268 bits per heavy atom. The van der Waals surface area contributed by atoms with E-state index in [4.69, 9.17) is 64.9 Å². The third kappa shape index (κ3) is 27.8. The number of rotatable bonds is 0. The Morgan fingerprint density at radius 3 is 0.293 bits per heavy atom. The summed E-state index contributed by atoms with van der Waals surface area (Å²) in [6.45, 7) is 0. The molecule has 0 aromatic carbocycles. The van der Waals surface area contributed by atoms with Crippen LogP contribution in [0.3, 0.4) is 0 Å². The van der Waals surface area contributed by atoms with Gasteiger partial charge in [0.05, 0.1) is 0 Å². The Labute approximate surface area is 230 Å². The maximum atomic E-state index is 10.7. The average Bonchev–Trinajstić information content (AvgIpc) is 2.47. The van der Waals surface area contributed by atoms with Crippen LogP contribution in [-0.2, 0) is 73.0 Å². The Morgan fingerprint density at radius 2 is 0.293 bits per heavy atom. The maximum Gasteiger partial charge on any atom is 5.00 e. The summed E-state index contributed by atoms with van der Waals surface area (Å²) >= 11 is 0. The molecular formula is C5F15NbO15S5. The summed E-state index contributed by atoms with van der Waals surface area (Å²) in [4.78, 5) is 0. The van der Waals surface area contributed by atoms with Crippen molar-refractivity contribution < 1.29 is 153 Å². The quantitative estimate of drug-likeness (QED) is 0.137. The molecule has 0 atom stereocenters. The van der Waals surface area contributed by atoms with Crippen molar-refractivity contribution in [3.63, 3.8) is 0 Å². The van der Waals surface area contributed by atoms with E-state index in [0.29, 0.717) is 0 Å². The number of halogens is 15. The topological polar surface area (TPSA) is 286 Å². The van der Waals surface area contributed by atoms with Gasteiger partial charge in [-0.1, -0.05) is 0 Å². The standard InChI is InChI=1S/5CHF3O3S.Nb/c5*2-1(3,4)8(5,6)7;/h5*(H,5,6,7);/q;;;;;+5/p-5. The van der Waals surface area contributed by atoms with Crippen LogP contribution in [0.5, 0.6) is 0 Å². The molecule has 0 aromatic rings. The van der Waals surface area contributed by atoms with Gasteiger partial charge in [-0.25, -0.2) is 42.1 Å². The normalized spacial score (nSPS) is 13.7. The minimum Gasteiger partial charge on any atom is -0.741 e. The molecule has 0 heterocycles. The number of alkyl halides is 15. The van der Waals surface area contributed by atoms with Gasteiger partial charge in [0, 0.05) is 0 Å². The molecule has 0 N–H and O–H groups in total. The number of hydrogen-bond donors (Lipinski definition) is 0. The van der Waals surface area contributed by atoms with E-state index in [2.05, 4.69) is 0 Å². The summed E-state index contributed by atoms with van der Waals surface area (Å²) < 4.78 is 295. The van der Waals surface area contributed by atoms with Crippen molar-refractivity contribution in [1.29, 1.82) is 0 Å². The van der Waals surface area contributed by atoms with Gasteiger partial charge in [-0.2, -0.15) is 65.9 Å². The van der Waals surface area contributed by atoms with Gasteiger partial charge in [0.2, 0.25) is 0 Å². The SMILES string of the molecule is O=S(=O)([O-])C(F)(F)F.O=S(=O)([O-])C(F)(F)F.O=S(=O)([O-])C(F)(F)F.O=S(=O)([O-])C(F)(F)F.O=S(=O)([O-])C(F)(F)F.[Nb+5]. The first kappa shape index (κ1) is 52.9. The van der Waals surface area contributed by atoms with Crippen molar-refractivity contribution in [2.24, 2.45) is 0 Å². The fourth-order valence-corrected chi connectivity index (χ4v) is 0. The number of hydrogen-bond acceptors (Lipinski definition) is 15. The smallest absolute Gasteiger partial charge is 0.741 e. The van der Waals surface area contributed by atoms with E-state index in [-0.39, 0.29) is 22.4 Å². The molecule has 41 heavy (non-hydrogen) atoms. The third-order valence-electron chi connectivity index (χ3n) is 1.42. The van der Waals surface area contributed by atoms with Crippen LogP contribution >= 0.6 is 0 Å². The molecule has 0 bridgehead atoms. The molecule has 0 aliphatic heterocycles. The fourth-order valence-electron chi connectivity index (χ4n) is 0. The molecular weight excluding hydrogens is 838 g/mol. The van der Waals surface area contributed by atoms with E-state index >= 15 is 0 Å². The minimum atomic E-state index is -6.09. The molecule has 0 amide bonds. The molecule has 0 saturated carbocycles. The van der Waals surface area contributed by atoms with Crippen LogP contribution in [-0.4, -0.2) is 92.4 Å². The molecule has 0 aromatic heterocycles. The zero-order valence-electron chi connectivity index (χ0n) is 16.8. The predicted molar refractivity (Wildman–Crippen MR) is 78.8 cm³/mol. The van der Waals surface area contributed by atoms with Crippen molar-refractivity contribution in [3.05, 3.63) is 0 Å². The van der Waals surface area contributed by atoms with Crippen molar-refractivity contribution in [2.75, 3.05) is 0 Å². The van der Waals surface area contributed by atoms with Crippen LogP contribution in [0.1, 0.15) is 0 Å². The summed E-state index contributed by atoms with van der Waals surface area (Å²) in [5.74, 6) is 0. The maximum absolute atomic E-state index is 10.7. The summed E-state index contributed by atoms with van der Waals surface area (Å²) in [5, 5.41) is 0. The summed E-state index contributed by atoms with van der Waals surface area (Å²) in [6, 6.07) is 0. The van der Waals surface area contributed by atoms with Crippen molar-refractivity contribution in [1.82, 2.24) is 0 Å². The molecule has 250 valence electrons. The van der Waals surface area contributed by atoms with Gasteiger partial charge in [0.1, 0.15) is 0 Å². The zero-order valence-corrected chi connectivity index (χ0v) is 23.1. The molecule has 0 rings (SSSR count). The molecule has 0 aliphatic rings. The molecule has 0 spiro atoms. The molecule has 0 fully saturated rings. The van der Waals surface area contributed by atoms with E-state index in [9.17, 15) is 65.9 Å². The van der Waals surface area contributed by atoms with Gasteiger partial charge < -0.3 is 22.8 Å². The van der Waals surface area contributed by atoms with Crippen LogP contribution in [0.4, 0.5) is 65.9 Å². The molecule has 15 nitrogen and oxygen atoms in total. The summed E-state index contributed by atoms with van der Waals surface area (Å²) in [6.07, 6.45) is 0. The van der Waals surface area contributed by atoms with Gasteiger partial charge >= 0.3 is 49.9 Å². The first-order valence-corrected chi connectivity index (χ1v) is 13.4. The van der Waals surface area contributed by atoms with Gasteiger partial charge in [-0.15, -0.1) is 0 Å². The molecule has 36 heteroatoms. The molecule has 0 radical (unpaired) electrons. The second kappa shape index (κ2) is 16.4. The Kier molecular flexibility index (Phi) is 21.1. The van der Waals surface area contributed by atoms with Crippen LogP contribution in [0, 0.1) is 0 Å². The van der Waals surface area contributed by atoms with Crippen LogP contribution in [0.15, 0.2) is 0 Å². The van der Waals surface area contributed by atoms with E-state index in [0.717, 1.165) is 0 Å². The molecule has 0 aliphatic carbocycles. The minimum absolute atomic E-state index is 0. The monoisotopic (exact) mass is 838 g/mol. The van der Waals surface area contributed by atoms with E-state index < -0.39 is 78.1 Å². The second-order valence-corrected chi connectivity index (χ2v) is 11.4. The van der Waals surface area contributed by atoms with E-state index in [1.165, 1.54) is 0 Å². The Bertz CT molecular complexity index is 1070. The summed E-state index contributed by atoms with van der Waals surface area (Å²) in [5.41, 5.74) is -28.2. The first-order valence-electron chi connectivity index (χ1n) is 6.36. The van der Waals surface area contributed by atoms with E-state index in [1.54, 1.807) is 0 Å². The molecule has 0 unspecified atom stereocenters. The third-order valence-corrected chi connectivity index (χ3v) is 4.25. The first-order chi connectivity index (χ1) is 16.2. The van der Waals surface area contributed by atoms with Gasteiger partial charge in [0.15, 0.2) is 50.6 Å². The van der Waals surface area contributed by atoms with Gasteiger partial charge in [0.25, 0.3) is 0 Å². The average molecular weight is 838 g/mol. The van der Waals surface area contributed by atoms with Crippen LogP contribution in [0.2, 0.25) is 0 Å². The van der Waals surface area contributed by atoms with Crippen molar-refractivity contribution in [2.45, 2.75) is 27.5 Å². The zero-order chi connectivity index (χ0) is 35.0. The van der Waals surface area contributed by atoms with Crippen LogP contribution in [0.25, 0.3) is 0 Å². The largest absolute Gasteiger partial charge is 5.00 e. The van der Waals surface area contributed by atoms with Crippen molar-refractivity contribution >= 4 is 50.6 Å². The Balaban J connectivity index is -0.0000000928. The van der Waals surface area contributed by atoms with E-state index in [1.807, 2.05) is 0 Å².